The van der Waals surface area contributed by atoms with Crippen LogP contribution in [0.25, 0.3) is 0 Å². The number of nitrogens with zero attached hydrogens (tertiary/aromatic N) is 1. The van der Waals surface area contributed by atoms with Gasteiger partial charge in [-0.1, -0.05) is 52.3 Å². The highest BCUT2D eigenvalue weighted by Gasteiger charge is 2.16. The fourth-order valence-electron chi connectivity index (χ4n) is 2.10. The summed E-state index contributed by atoms with van der Waals surface area (Å²) < 4.78 is 5.80. The van der Waals surface area contributed by atoms with Crippen molar-refractivity contribution in [2.45, 2.75) is 12.8 Å². The summed E-state index contributed by atoms with van der Waals surface area (Å²) in [5.74, 6) is 0.760. The Morgan fingerprint density at radius 2 is 1.90 bits per heavy atom. The molecule has 4 nitrogen and oxygen atoms in total. The second kappa shape index (κ2) is 7.22. The molecule has 5 heteroatoms. The summed E-state index contributed by atoms with van der Waals surface area (Å²) in [5.41, 5.74) is 1.82. The molecule has 0 aliphatic carbocycles. The van der Waals surface area contributed by atoms with E-state index in [0.717, 1.165) is 5.33 Å². The monoisotopic (exact) mass is 349 g/mol. The predicted molar refractivity (Wildman–Crippen MR) is 86.3 cm³/mol. The number of halogens is 1. The van der Waals surface area contributed by atoms with Crippen molar-refractivity contribution in [3.05, 3.63) is 69.8 Å². The van der Waals surface area contributed by atoms with Crippen LogP contribution in [-0.2, 0) is 0 Å². The van der Waals surface area contributed by atoms with Crippen LogP contribution in [0.4, 0.5) is 5.69 Å². The van der Waals surface area contributed by atoms with E-state index in [9.17, 15) is 10.1 Å². The van der Waals surface area contributed by atoms with Crippen LogP contribution in [0.15, 0.2) is 48.5 Å². The Bertz CT molecular complexity index is 616. The van der Waals surface area contributed by atoms with Crippen LogP contribution in [-0.4, -0.2) is 16.9 Å². The van der Waals surface area contributed by atoms with E-state index < -0.39 is 0 Å². The van der Waals surface area contributed by atoms with Crippen LogP contribution < -0.4 is 4.74 Å². The fraction of sp³-hybridized carbons (Fsp3) is 0.250. The lowest BCUT2D eigenvalue weighted by Gasteiger charge is -2.16. The van der Waals surface area contributed by atoms with Crippen LogP contribution in [0.1, 0.15) is 17.0 Å². The maximum atomic E-state index is 10.9. The third-order valence-electron chi connectivity index (χ3n) is 3.35. The van der Waals surface area contributed by atoms with Crippen molar-refractivity contribution < 1.29 is 9.66 Å². The zero-order valence-electron chi connectivity index (χ0n) is 11.7. The summed E-state index contributed by atoms with van der Waals surface area (Å²) >= 11 is 3.49. The quantitative estimate of drug-likeness (QED) is 0.439. The van der Waals surface area contributed by atoms with Crippen LogP contribution >= 0.6 is 15.9 Å². The molecule has 0 heterocycles. The molecule has 0 fully saturated rings. The molecule has 0 aliphatic heterocycles. The first-order chi connectivity index (χ1) is 10.1. The van der Waals surface area contributed by atoms with Gasteiger partial charge in [-0.3, -0.25) is 10.1 Å². The number of hydrogen-bond donors (Lipinski definition) is 0. The zero-order chi connectivity index (χ0) is 15.2. The molecular formula is C16H16BrNO3. The highest BCUT2D eigenvalue weighted by Crippen LogP contribution is 2.28. The highest BCUT2D eigenvalue weighted by molar-refractivity contribution is 9.09. The lowest BCUT2D eigenvalue weighted by Crippen LogP contribution is -2.12. The molecule has 2 aromatic carbocycles. The van der Waals surface area contributed by atoms with Crippen LogP contribution in [0.3, 0.4) is 0 Å². The van der Waals surface area contributed by atoms with Crippen molar-refractivity contribution in [3.63, 3.8) is 0 Å². The summed E-state index contributed by atoms with van der Waals surface area (Å²) in [6, 6.07) is 14.9. The van der Waals surface area contributed by atoms with Gasteiger partial charge in [0.05, 0.1) is 17.1 Å². The second-order valence-corrected chi connectivity index (χ2v) is 5.38. The first kappa shape index (κ1) is 15.5. The van der Waals surface area contributed by atoms with Crippen molar-refractivity contribution in [3.8, 4) is 5.75 Å². The molecule has 0 N–H and O–H groups in total. The Morgan fingerprint density at radius 1 is 1.19 bits per heavy atom. The molecule has 0 spiro atoms. The maximum Gasteiger partial charge on any atom is 0.276 e. The second-order valence-electron chi connectivity index (χ2n) is 4.73. The van der Waals surface area contributed by atoms with E-state index in [1.165, 1.54) is 11.6 Å². The molecule has 110 valence electrons. The van der Waals surface area contributed by atoms with Gasteiger partial charge in [-0.25, -0.2) is 0 Å². The van der Waals surface area contributed by atoms with Gasteiger partial charge in [0.1, 0.15) is 5.75 Å². The third-order valence-corrected chi connectivity index (χ3v) is 4.13. The van der Waals surface area contributed by atoms with Gasteiger partial charge in [0.25, 0.3) is 5.69 Å². The molecule has 1 unspecified atom stereocenters. The number of nitro groups is 1. The van der Waals surface area contributed by atoms with Gasteiger partial charge in [-0.05, 0) is 18.6 Å². The summed E-state index contributed by atoms with van der Waals surface area (Å²) in [6.45, 7) is 2.18. The van der Waals surface area contributed by atoms with E-state index >= 15 is 0 Å². The minimum absolute atomic E-state index is 0.0857. The highest BCUT2D eigenvalue weighted by atomic mass is 79.9. The first-order valence-electron chi connectivity index (χ1n) is 6.61. The Hall–Kier alpha value is -1.88. The lowest BCUT2D eigenvalue weighted by molar-refractivity contribution is -0.385. The average molecular weight is 350 g/mol. The molecule has 2 rings (SSSR count). The van der Waals surface area contributed by atoms with Crippen molar-refractivity contribution >= 4 is 21.6 Å². The number of benzene rings is 2. The van der Waals surface area contributed by atoms with Gasteiger partial charge in [-0.15, -0.1) is 0 Å². The summed E-state index contributed by atoms with van der Waals surface area (Å²) in [4.78, 5) is 10.5. The van der Waals surface area contributed by atoms with Gasteiger partial charge in [0.2, 0.25) is 0 Å². The normalized spacial score (nSPS) is 11.9. The van der Waals surface area contributed by atoms with Crippen molar-refractivity contribution in [1.82, 2.24) is 0 Å². The zero-order valence-corrected chi connectivity index (χ0v) is 13.2. The lowest BCUT2D eigenvalue weighted by atomic mass is 10.0. The molecule has 0 aliphatic rings. The van der Waals surface area contributed by atoms with Crippen LogP contribution in [0.5, 0.6) is 5.75 Å². The van der Waals surface area contributed by atoms with Gasteiger partial charge >= 0.3 is 0 Å². The van der Waals surface area contributed by atoms with E-state index in [0.29, 0.717) is 17.9 Å². The van der Waals surface area contributed by atoms with Gasteiger partial charge < -0.3 is 4.74 Å². The minimum Gasteiger partial charge on any atom is -0.492 e. The third kappa shape index (κ3) is 3.82. The van der Waals surface area contributed by atoms with Crippen LogP contribution in [0.2, 0.25) is 0 Å². The molecule has 0 saturated carbocycles. The molecule has 1 atom stereocenters. The summed E-state index contributed by atoms with van der Waals surface area (Å²) in [7, 11) is 0. The Morgan fingerprint density at radius 3 is 2.52 bits per heavy atom. The summed E-state index contributed by atoms with van der Waals surface area (Å²) in [6.07, 6.45) is 0. The summed E-state index contributed by atoms with van der Waals surface area (Å²) in [5, 5.41) is 11.7. The van der Waals surface area contributed by atoms with E-state index in [-0.39, 0.29) is 16.5 Å². The molecule has 0 amide bonds. The van der Waals surface area contributed by atoms with E-state index in [1.807, 2.05) is 18.2 Å². The molecule has 0 saturated heterocycles. The predicted octanol–water partition coefficient (Wildman–Crippen LogP) is 4.46. The van der Waals surface area contributed by atoms with Crippen molar-refractivity contribution in [1.29, 1.82) is 0 Å². The standard InChI is InChI=1S/C16H16BrNO3/c1-12-15(18(19)20)8-5-9-16(12)21-11-14(10-17)13-6-3-2-4-7-13/h2-9,14H,10-11H2,1H3. The first-order valence-corrected chi connectivity index (χ1v) is 7.73. The molecular weight excluding hydrogens is 334 g/mol. The Balaban J connectivity index is 2.12. The fourth-order valence-corrected chi connectivity index (χ4v) is 2.66. The molecule has 21 heavy (non-hydrogen) atoms. The SMILES string of the molecule is Cc1c(OCC(CBr)c2ccccc2)cccc1[N+](=O)[O-]. The molecule has 0 bridgehead atoms. The van der Waals surface area contributed by atoms with Crippen molar-refractivity contribution in [2.24, 2.45) is 0 Å². The molecule has 0 aromatic heterocycles. The Kier molecular flexibility index (Phi) is 5.33. The van der Waals surface area contributed by atoms with E-state index in [4.69, 9.17) is 4.74 Å². The maximum absolute atomic E-state index is 10.9. The average Bonchev–Trinajstić information content (AvgIpc) is 2.50. The largest absolute Gasteiger partial charge is 0.492 e. The number of rotatable bonds is 6. The van der Waals surface area contributed by atoms with Gasteiger partial charge in [0, 0.05) is 17.3 Å². The van der Waals surface area contributed by atoms with E-state index in [1.54, 1.807) is 19.1 Å². The molecule has 0 radical (unpaired) electrons. The number of alkyl halides is 1. The molecule has 2 aromatic rings. The van der Waals surface area contributed by atoms with Gasteiger partial charge in [-0.2, -0.15) is 0 Å². The number of nitro benzene ring substituents is 1. The topological polar surface area (TPSA) is 52.4 Å². The minimum atomic E-state index is -0.388. The number of hydrogen-bond acceptors (Lipinski definition) is 3. The van der Waals surface area contributed by atoms with Crippen LogP contribution in [0, 0.1) is 17.0 Å². The van der Waals surface area contributed by atoms with Gasteiger partial charge in [0.15, 0.2) is 0 Å². The number of ether oxygens (including phenoxy) is 1. The Labute approximate surface area is 132 Å². The van der Waals surface area contributed by atoms with E-state index in [2.05, 4.69) is 28.1 Å². The smallest absolute Gasteiger partial charge is 0.276 e. The van der Waals surface area contributed by atoms with Crippen molar-refractivity contribution in [2.75, 3.05) is 11.9 Å².